The molecule has 0 aliphatic heterocycles. The van der Waals surface area contributed by atoms with Gasteiger partial charge < -0.3 is 15.3 Å². The Labute approximate surface area is 109 Å². The number of hydrogen-bond acceptors (Lipinski definition) is 3. The van der Waals surface area contributed by atoms with Crippen molar-refractivity contribution in [3.8, 4) is 0 Å². The van der Waals surface area contributed by atoms with Gasteiger partial charge in [-0.1, -0.05) is 0 Å². The molecule has 0 fully saturated rings. The van der Waals surface area contributed by atoms with Crippen LogP contribution in [0.4, 0.5) is 13.2 Å². The van der Waals surface area contributed by atoms with Crippen LogP contribution in [-0.2, 0) is 9.59 Å². The molecule has 0 heterocycles. The Hall–Kier alpha value is -1.31. The van der Waals surface area contributed by atoms with Gasteiger partial charge in [-0.25, -0.2) is 0 Å². The third-order valence-corrected chi connectivity index (χ3v) is 2.77. The number of carboxylic acid groups (broad SMARTS) is 1. The fraction of sp³-hybridized carbons (Fsp3) is 0.818. The zero-order chi connectivity index (χ0) is 15.2. The topological polar surface area (TPSA) is 69.6 Å². The van der Waals surface area contributed by atoms with Crippen LogP contribution < -0.4 is 5.32 Å². The van der Waals surface area contributed by atoms with Crippen molar-refractivity contribution in [1.29, 1.82) is 0 Å². The lowest BCUT2D eigenvalue weighted by molar-refractivity contribution is -0.192. The van der Waals surface area contributed by atoms with E-state index in [0.29, 0.717) is 13.1 Å². The molecule has 2 atom stereocenters. The Bertz CT molecular complexity index is 317. The Morgan fingerprint density at radius 3 is 2.05 bits per heavy atom. The molecule has 0 bridgehead atoms. The number of halogens is 3. The number of aliphatic carboxylic acids is 1. The summed E-state index contributed by atoms with van der Waals surface area (Å²) in [6.45, 7) is 4.99. The summed E-state index contributed by atoms with van der Waals surface area (Å²) in [7, 11) is 0. The Kier molecular flexibility index (Phi) is 6.82. The third-order valence-electron chi connectivity index (χ3n) is 2.77. The van der Waals surface area contributed by atoms with Crippen LogP contribution in [0.5, 0.6) is 0 Å². The molecule has 0 aromatic rings. The first kappa shape index (κ1) is 17.7. The van der Waals surface area contributed by atoms with Crippen LogP contribution in [0, 0.1) is 5.92 Å². The number of carbonyl (C=O) groups is 2. The summed E-state index contributed by atoms with van der Waals surface area (Å²) in [5.74, 6) is -4.82. The first-order chi connectivity index (χ1) is 8.65. The van der Waals surface area contributed by atoms with Gasteiger partial charge in [0.15, 0.2) is 5.92 Å². The molecular weight excluding hydrogens is 265 g/mol. The van der Waals surface area contributed by atoms with Crippen LogP contribution >= 0.6 is 0 Å². The number of carboxylic acids is 1. The molecule has 0 saturated carbocycles. The number of amides is 1. The molecule has 0 aliphatic carbocycles. The predicted octanol–water partition coefficient (Wildman–Crippen LogP) is 1.10. The number of hydrogen-bond donors (Lipinski definition) is 2. The first-order valence-electron chi connectivity index (χ1n) is 5.96. The lowest BCUT2D eigenvalue weighted by Gasteiger charge is -2.25. The molecule has 19 heavy (non-hydrogen) atoms. The van der Waals surface area contributed by atoms with E-state index in [-0.39, 0.29) is 5.91 Å². The summed E-state index contributed by atoms with van der Waals surface area (Å²) < 4.78 is 37.2. The highest BCUT2D eigenvalue weighted by molar-refractivity contribution is 5.81. The minimum atomic E-state index is -4.84. The van der Waals surface area contributed by atoms with Crippen molar-refractivity contribution in [3.63, 3.8) is 0 Å². The smallest absolute Gasteiger partial charge is 0.403 e. The summed E-state index contributed by atoms with van der Waals surface area (Å²) in [5, 5.41) is 10.8. The normalized spacial score (nSPS) is 14.8. The van der Waals surface area contributed by atoms with Gasteiger partial charge in [-0.3, -0.25) is 9.59 Å². The Balaban J connectivity index is 4.53. The van der Waals surface area contributed by atoms with E-state index in [2.05, 4.69) is 5.32 Å². The fourth-order valence-corrected chi connectivity index (χ4v) is 1.53. The highest BCUT2D eigenvalue weighted by atomic mass is 19.4. The van der Waals surface area contributed by atoms with E-state index in [1.54, 1.807) is 13.8 Å². The molecule has 0 rings (SSSR count). The standard InChI is InChI=1S/C11H19F3N2O3/c1-4-16(5-2)9(17)7(3)15-6-8(10(18)19)11(12,13)14/h7-8,15H,4-6H2,1-3H3,(H,18,19). The molecule has 8 heteroatoms. The maximum absolute atomic E-state index is 12.4. The van der Waals surface area contributed by atoms with Gasteiger partial charge in [0.05, 0.1) is 6.04 Å². The maximum atomic E-state index is 12.4. The first-order valence-corrected chi connectivity index (χ1v) is 5.96. The number of likely N-dealkylation sites (N-methyl/N-ethyl adjacent to an activating group) is 1. The average Bonchev–Trinajstić information content (AvgIpc) is 2.28. The third kappa shape index (κ3) is 5.46. The average molecular weight is 284 g/mol. The zero-order valence-electron chi connectivity index (χ0n) is 11.1. The molecule has 0 aromatic heterocycles. The van der Waals surface area contributed by atoms with E-state index < -0.39 is 30.7 Å². The second-order valence-corrected chi connectivity index (χ2v) is 4.07. The van der Waals surface area contributed by atoms with Crippen molar-refractivity contribution >= 4 is 11.9 Å². The van der Waals surface area contributed by atoms with Gasteiger partial charge in [0.2, 0.25) is 5.91 Å². The molecule has 0 aromatic carbocycles. The summed E-state index contributed by atoms with van der Waals surface area (Å²) >= 11 is 0. The SMILES string of the molecule is CCN(CC)C(=O)C(C)NCC(C(=O)O)C(F)(F)F. The molecule has 0 aliphatic rings. The maximum Gasteiger partial charge on any atom is 0.403 e. The molecule has 0 saturated heterocycles. The van der Waals surface area contributed by atoms with Gasteiger partial charge in [-0.15, -0.1) is 0 Å². The quantitative estimate of drug-likeness (QED) is 0.734. The molecule has 2 N–H and O–H groups in total. The van der Waals surface area contributed by atoms with Crippen molar-refractivity contribution in [1.82, 2.24) is 10.2 Å². The number of nitrogens with one attached hydrogen (secondary N) is 1. The van der Waals surface area contributed by atoms with Crippen molar-refractivity contribution < 1.29 is 27.9 Å². The van der Waals surface area contributed by atoms with Gasteiger partial charge in [-0.05, 0) is 20.8 Å². The Morgan fingerprint density at radius 2 is 1.74 bits per heavy atom. The molecule has 112 valence electrons. The van der Waals surface area contributed by atoms with Crippen LogP contribution in [0.2, 0.25) is 0 Å². The van der Waals surface area contributed by atoms with Crippen molar-refractivity contribution in [2.45, 2.75) is 33.0 Å². The second kappa shape index (κ2) is 7.32. The highest BCUT2D eigenvalue weighted by Crippen LogP contribution is 2.25. The van der Waals surface area contributed by atoms with Crippen molar-refractivity contribution in [3.05, 3.63) is 0 Å². The molecular formula is C11H19F3N2O3. The van der Waals surface area contributed by atoms with E-state index in [1.807, 2.05) is 0 Å². The summed E-state index contributed by atoms with van der Waals surface area (Å²) in [6, 6.07) is -0.857. The number of rotatable bonds is 7. The van der Waals surface area contributed by atoms with Crippen molar-refractivity contribution in [2.75, 3.05) is 19.6 Å². The van der Waals surface area contributed by atoms with Gasteiger partial charge in [-0.2, -0.15) is 13.2 Å². The summed E-state index contributed by atoms with van der Waals surface area (Å²) in [4.78, 5) is 23.8. The van der Waals surface area contributed by atoms with Gasteiger partial charge >= 0.3 is 12.1 Å². The van der Waals surface area contributed by atoms with E-state index in [0.717, 1.165) is 0 Å². The molecule has 2 unspecified atom stereocenters. The lowest BCUT2D eigenvalue weighted by atomic mass is 10.1. The van der Waals surface area contributed by atoms with Gasteiger partial charge in [0.25, 0.3) is 0 Å². The van der Waals surface area contributed by atoms with Crippen LogP contribution in [0.3, 0.4) is 0 Å². The predicted molar refractivity (Wildman–Crippen MR) is 62.6 cm³/mol. The van der Waals surface area contributed by atoms with E-state index in [4.69, 9.17) is 5.11 Å². The molecule has 0 spiro atoms. The largest absolute Gasteiger partial charge is 0.481 e. The lowest BCUT2D eigenvalue weighted by Crippen LogP contribution is -2.48. The van der Waals surface area contributed by atoms with E-state index in [9.17, 15) is 22.8 Å². The summed E-state index contributed by atoms with van der Waals surface area (Å²) in [5.41, 5.74) is 0. The van der Waals surface area contributed by atoms with E-state index >= 15 is 0 Å². The fourth-order valence-electron chi connectivity index (χ4n) is 1.53. The minimum Gasteiger partial charge on any atom is -0.481 e. The summed E-state index contributed by atoms with van der Waals surface area (Å²) in [6.07, 6.45) is -4.84. The zero-order valence-corrected chi connectivity index (χ0v) is 11.1. The molecule has 1 amide bonds. The van der Waals surface area contributed by atoms with Crippen LogP contribution in [0.1, 0.15) is 20.8 Å². The molecule has 0 radical (unpaired) electrons. The number of carbonyl (C=O) groups excluding carboxylic acids is 1. The minimum absolute atomic E-state index is 0.351. The van der Waals surface area contributed by atoms with Crippen LogP contribution in [-0.4, -0.2) is 53.7 Å². The molecule has 5 nitrogen and oxygen atoms in total. The van der Waals surface area contributed by atoms with Crippen LogP contribution in [0.15, 0.2) is 0 Å². The van der Waals surface area contributed by atoms with Gasteiger partial charge in [0.1, 0.15) is 0 Å². The second-order valence-electron chi connectivity index (χ2n) is 4.07. The van der Waals surface area contributed by atoms with E-state index in [1.165, 1.54) is 11.8 Å². The number of alkyl halides is 3. The highest BCUT2D eigenvalue weighted by Gasteiger charge is 2.45. The van der Waals surface area contributed by atoms with Crippen LogP contribution in [0.25, 0.3) is 0 Å². The van der Waals surface area contributed by atoms with Crippen molar-refractivity contribution in [2.24, 2.45) is 5.92 Å². The van der Waals surface area contributed by atoms with Gasteiger partial charge in [0, 0.05) is 19.6 Å². The number of nitrogens with zero attached hydrogens (tertiary/aromatic N) is 1. The Morgan fingerprint density at radius 1 is 1.26 bits per heavy atom. The monoisotopic (exact) mass is 284 g/mol.